The maximum atomic E-state index is 12.5. The van der Waals surface area contributed by atoms with Crippen molar-refractivity contribution in [2.75, 3.05) is 5.32 Å². The van der Waals surface area contributed by atoms with Crippen LogP contribution in [0.2, 0.25) is 0 Å². The zero-order valence-corrected chi connectivity index (χ0v) is 15.0. The van der Waals surface area contributed by atoms with Crippen molar-refractivity contribution in [2.45, 2.75) is 6.92 Å². The minimum absolute atomic E-state index is 0.0724. The van der Waals surface area contributed by atoms with E-state index in [1.165, 1.54) is 0 Å². The molecule has 7 nitrogen and oxygen atoms in total. The van der Waals surface area contributed by atoms with Gasteiger partial charge >= 0.3 is 0 Å². The van der Waals surface area contributed by atoms with E-state index in [4.69, 9.17) is 4.42 Å². The Labute approximate surface area is 159 Å². The number of anilines is 1. The molecule has 0 aliphatic rings. The molecule has 0 aliphatic heterocycles. The third-order valence-corrected chi connectivity index (χ3v) is 4.49. The van der Waals surface area contributed by atoms with Gasteiger partial charge in [0.05, 0.1) is 0 Å². The maximum absolute atomic E-state index is 12.5. The van der Waals surface area contributed by atoms with Crippen molar-refractivity contribution in [1.29, 1.82) is 0 Å². The first kappa shape index (κ1) is 16.2. The molecule has 28 heavy (non-hydrogen) atoms. The summed E-state index contributed by atoms with van der Waals surface area (Å²) in [4.78, 5) is 20.8. The topological polar surface area (TPSA) is 85.3 Å². The number of hydrogen-bond donors (Lipinski definition) is 1. The number of rotatable bonds is 3. The fourth-order valence-corrected chi connectivity index (χ4v) is 3.03. The van der Waals surface area contributed by atoms with E-state index >= 15 is 0 Å². The molecule has 0 aliphatic carbocycles. The van der Waals surface area contributed by atoms with Crippen molar-refractivity contribution in [3.63, 3.8) is 0 Å². The predicted molar refractivity (Wildman–Crippen MR) is 105 cm³/mol. The number of amides is 1. The summed E-state index contributed by atoms with van der Waals surface area (Å²) in [6, 6.07) is 19.1. The average Bonchev–Trinajstić information content (AvgIpc) is 3.33. The number of nitrogens with zero attached hydrogens (tertiary/aromatic N) is 4. The van der Waals surface area contributed by atoms with Gasteiger partial charge in [0.2, 0.25) is 5.82 Å². The zero-order valence-electron chi connectivity index (χ0n) is 15.0. The molecule has 0 atom stereocenters. The lowest BCUT2D eigenvalue weighted by Gasteiger charge is -2.03. The highest BCUT2D eigenvalue weighted by molar-refractivity contribution is 6.01. The van der Waals surface area contributed by atoms with Crippen molar-refractivity contribution in [2.24, 2.45) is 0 Å². The number of nitrogens with one attached hydrogen (secondary N) is 1. The van der Waals surface area contributed by atoms with Gasteiger partial charge in [0.15, 0.2) is 0 Å². The highest BCUT2D eigenvalue weighted by Gasteiger charge is 2.15. The Morgan fingerprint density at radius 2 is 1.89 bits per heavy atom. The Kier molecular flexibility index (Phi) is 3.65. The minimum atomic E-state index is -0.388. The first-order chi connectivity index (χ1) is 13.7. The second-order valence-corrected chi connectivity index (χ2v) is 6.41. The first-order valence-electron chi connectivity index (χ1n) is 8.76. The van der Waals surface area contributed by atoms with E-state index in [-0.39, 0.29) is 11.7 Å². The molecule has 0 saturated heterocycles. The van der Waals surface area contributed by atoms with Crippen molar-refractivity contribution in [3.8, 4) is 11.3 Å². The van der Waals surface area contributed by atoms with Gasteiger partial charge in [-0.15, -0.1) is 5.10 Å². The maximum Gasteiger partial charge on any atom is 0.295 e. The van der Waals surface area contributed by atoms with Crippen molar-refractivity contribution >= 4 is 28.3 Å². The van der Waals surface area contributed by atoms with E-state index in [9.17, 15) is 4.79 Å². The summed E-state index contributed by atoms with van der Waals surface area (Å²) >= 11 is 0. The molecular formula is C21H15N5O2. The Morgan fingerprint density at radius 3 is 2.68 bits per heavy atom. The Hall–Kier alpha value is -4.00. The fourth-order valence-electron chi connectivity index (χ4n) is 3.03. The lowest BCUT2D eigenvalue weighted by atomic mass is 10.1. The van der Waals surface area contributed by atoms with Crippen LogP contribution < -0.4 is 5.32 Å². The van der Waals surface area contributed by atoms with E-state index in [1.54, 1.807) is 16.8 Å². The van der Waals surface area contributed by atoms with Gasteiger partial charge in [-0.3, -0.25) is 4.79 Å². The predicted octanol–water partition coefficient (Wildman–Crippen LogP) is 4.10. The Morgan fingerprint density at radius 1 is 1.07 bits per heavy atom. The summed E-state index contributed by atoms with van der Waals surface area (Å²) in [5.74, 6) is 0.859. The summed E-state index contributed by atoms with van der Waals surface area (Å²) in [6.07, 6.45) is 1.64. The van der Waals surface area contributed by atoms with Crippen LogP contribution >= 0.6 is 0 Å². The molecule has 7 heteroatoms. The SMILES string of the molecule is Cc1ccnc2nc(C(=O)Nc3ccc(-c4cc5ccccc5o4)cc3)nn12. The third-order valence-electron chi connectivity index (χ3n) is 4.49. The van der Waals surface area contributed by atoms with Gasteiger partial charge in [0.25, 0.3) is 11.7 Å². The molecule has 0 spiro atoms. The van der Waals surface area contributed by atoms with Crippen LogP contribution in [0.3, 0.4) is 0 Å². The summed E-state index contributed by atoms with van der Waals surface area (Å²) in [5.41, 5.74) is 3.27. The minimum Gasteiger partial charge on any atom is -0.456 e. The number of carbonyl (C=O) groups is 1. The molecule has 2 aromatic carbocycles. The van der Waals surface area contributed by atoms with Crippen LogP contribution in [0.25, 0.3) is 28.1 Å². The molecular weight excluding hydrogens is 354 g/mol. The third kappa shape index (κ3) is 2.79. The normalized spacial score (nSPS) is 11.2. The molecule has 0 radical (unpaired) electrons. The van der Waals surface area contributed by atoms with Crippen LogP contribution in [-0.4, -0.2) is 25.5 Å². The van der Waals surface area contributed by atoms with Gasteiger partial charge in [-0.05, 0) is 49.4 Å². The fraction of sp³-hybridized carbons (Fsp3) is 0.0476. The number of carbonyl (C=O) groups excluding carboxylic acids is 1. The molecule has 1 N–H and O–H groups in total. The Bertz CT molecular complexity index is 1280. The number of hydrogen-bond acceptors (Lipinski definition) is 5. The smallest absolute Gasteiger partial charge is 0.295 e. The van der Waals surface area contributed by atoms with Crippen LogP contribution in [0.5, 0.6) is 0 Å². The molecule has 3 aromatic heterocycles. The number of fused-ring (bicyclic) bond motifs is 2. The van der Waals surface area contributed by atoms with Gasteiger partial charge in [-0.1, -0.05) is 18.2 Å². The quantitative estimate of drug-likeness (QED) is 0.517. The number of furan rings is 1. The summed E-state index contributed by atoms with van der Waals surface area (Å²) < 4.78 is 7.41. The first-order valence-corrected chi connectivity index (χ1v) is 8.76. The highest BCUT2D eigenvalue weighted by atomic mass is 16.3. The van der Waals surface area contributed by atoms with E-state index in [2.05, 4.69) is 20.4 Å². The summed E-state index contributed by atoms with van der Waals surface area (Å²) in [6.45, 7) is 1.88. The van der Waals surface area contributed by atoms with Gasteiger partial charge in [0, 0.05) is 28.5 Å². The van der Waals surface area contributed by atoms with Crippen LogP contribution in [-0.2, 0) is 0 Å². The molecule has 1 amide bonds. The van der Waals surface area contributed by atoms with Gasteiger partial charge in [-0.2, -0.15) is 4.98 Å². The lowest BCUT2D eigenvalue weighted by molar-refractivity contribution is 0.101. The molecule has 3 heterocycles. The number of para-hydroxylation sites is 1. The van der Waals surface area contributed by atoms with Crippen molar-refractivity contribution in [1.82, 2.24) is 19.6 Å². The van der Waals surface area contributed by atoms with Crippen LogP contribution in [0.4, 0.5) is 5.69 Å². The Balaban J connectivity index is 1.38. The molecule has 0 fully saturated rings. The average molecular weight is 369 g/mol. The largest absolute Gasteiger partial charge is 0.456 e. The lowest BCUT2D eigenvalue weighted by Crippen LogP contribution is -2.14. The second-order valence-electron chi connectivity index (χ2n) is 6.41. The summed E-state index contributed by atoms with van der Waals surface area (Å²) in [5, 5.41) is 8.07. The summed E-state index contributed by atoms with van der Waals surface area (Å²) in [7, 11) is 0. The zero-order chi connectivity index (χ0) is 19.1. The number of aryl methyl sites for hydroxylation is 1. The number of aromatic nitrogens is 4. The monoisotopic (exact) mass is 369 g/mol. The van der Waals surface area contributed by atoms with E-state index in [1.807, 2.05) is 61.5 Å². The second kappa shape index (κ2) is 6.31. The molecule has 0 saturated carbocycles. The standard InChI is InChI=1S/C21H15N5O2/c1-13-10-11-22-21-24-19(25-26(13)21)20(27)23-16-8-6-14(7-9-16)18-12-15-4-2-3-5-17(15)28-18/h2-12H,1H3,(H,23,27). The van der Waals surface area contributed by atoms with E-state index in [0.717, 1.165) is 28.0 Å². The van der Waals surface area contributed by atoms with Crippen molar-refractivity contribution < 1.29 is 9.21 Å². The molecule has 5 rings (SSSR count). The van der Waals surface area contributed by atoms with Crippen LogP contribution in [0.15, 0.2) is 71.3 Å². The number of benzene rings is 2. The highest BCUT2D eigenvalue weighted by Crippen LogP contribution is 2.28. The van der Waals surface area contributed by atoms with E-state index < -0.39 is 0 Å². The van der Waals surface area contributed by atoms with E-state index in [0.29, 0.717) is 11.5 Å². The van der Waals surface area contributed by atoms with Crippen molar-refractivity contribution in [3.05, 3.63) is 78.4 Å². The van der Waals surface area contributed by atoms with Crippen LogP contribution in [0.1, 0.15) is 16.3 Å². The van der Waals surface area contributed by atoms with Gasteiger partial charge < -0.3 is 9.73 Å². The molecule has 0 bridgehead atoms. The molecule has 136 valence electrons. The molecule has 5 aromatic rings. The van der Waals surface area contributed by atoms with Gasteiger partial charge in [-0.25, -0.2) is 9.50 Å². The van der Waals surface area contributed by atoms with Gasteiger partial charge in [0.1, 0.15) is 11.3 Å². The van der Waals surface area contributed by atoms with Crippen LogP contribution in [0, 0.1) is 6.92 Å². The molecule has 0 unspecified atom stereocenters.